The molecule has 102 valence electrons. The Kier molecular flexibility index (Phi) is 4.58. The molecule has 1 unspecified atom stereocenters. The summed E-state index contributed by atoms with van der Waals surface area (Å²) < 4.78 is 7.26. The van der Waals surface area contributed by atoms with E-state index in [-0.39, 0.29) is 0 Å². The van der Waals surface area contributed by atoms with Crippen molar-refractivity contribution < 1.29 is 9.84 Å². The van der Waals surface area contributed by atoms with Crippen molar-refractivity contribution in [1.82, 2.24) is 9.78 Å². The minimum Gasteiger partial charge on any atom is -0.494 e. The topological polar surface area (TPSA) is 47.3 Å². The predicted octanol–water partition coefficient (Wildman–Crippen LogP) is 2.71. The zero-order chi connectivity index (χ0) is 13.7. The van der Waals surface area contributed by atoms with Crippen LogP contribution in [0.3, 0.4) is 0 Å². The van der Waals surface area contributed by atoms with Crippen molar-refractivity contribution in [3.05, 3.63) is 47.8 Å². The van der Waals surface area contributed by atoms with Crippen LogP contribution < -0.4 is 4.74 Å². The summed E-state index contributed by atoms with van der Waals surface area (Å²) in [4.78, 5) is 0. The summed E-state index contributed by atoms with van der Waals surface area (Å²) in [7, 11) is 0. The van der Waals surface area contributed by atoms with Gasteiger partial charge in [0, 0.05) is 6.20 Å². The van der Waals surface area contributed by atoms with Crippen molar-refractivity contribution >= 4 is 0 Å². The molecule has 0 aliphatic rings. The molecule has 1 aromatic heterocycles. The highest BCUT2D eigenvalue weighted by Crippen LogP contribution is 2.19. The zero-order valence-electron chi connectivity index (χ0n) is 11.4. The quantitative estimate of drug-likeness (QED) is 0.868. The molecule has 0 aliphatic heterocycles. The third kappa shape index (κ3) is 3.83. The summed E-state index contributed by atoms with van der Waals surface area (Å²) in [6, 6.07) is 7.57. The standard InChI is InChI=1S/C15H20N2O2/c1-3-8-19-14-6-4-13(5-7-14)15(18)11-17-10-12(2)9-16-17/h4-7,9-10,15,18H,3,8,11H2,1-2H3. The van der Waals surface area contributed by atoms with Crippen LogP contribution in [0.15, 0.2) is 36.7 Å². The molecule has 2 rings (SSSR count). The summed E-state index contributed by atoms with van der Waals surface area (Å²) in [6.45, 7) is 5.23. The van der Waals surface area contributed by atoms with Crippen LogP contribution in [0.2, 0.25) is 0 Å². The van der Waals surface area contributed by atoms with Gasteiger partial charge < -0.3 is 9.84 Å². The van der Waals surface area contributed by atoms with E-state index in [1.165, 1.54) is 0 Å². The van der Waals surface area contributed by atoms with Gasteiger partial charge in [0.15, 0.2) is 0 Å². The first-order chi connectivity index (χ1) is 9.19. The van der Waals surface area contributed by atoms with Gasteiger partial charge in [0.1, 0.15) is 5.75 Å². The number of nitrogens with zero attached hydrogens (tertiary/aromatic N) is 2. The smallest absolute Gasteiger partial charge is 0.119 e. The van der Waals surface area contributed by atoms with Gasteiger partial charge in [-0.2, -0.15) is 5.10 Å². The van der Waals surface area contributed by atoms with E-state index in [0.29, 0.717) is 13.2 Å². The van der Waals surface area contributed by atoms with Gasteiger partial charge in [0.25, 0.3) is 0 Å². The number of benzene rings is 1. The monoisotopic (exact) mass is 260 g/mol. The first-order valence-electron chi connectivity index (χ1n) is 6.59. The third-order valence-electron chi connectivity index (χ3n) is 2.86. The number of aliphatic hydroxyl groups is 1. The van der Waals surface area contributed by atoms with Crippen LogP contribution in [0.25, 0.3) is 0 Å². The van der Waals surface area contributed by atoms with Crippen LogP contribution in [-0.2, 0) is 6.54 Å². The normalized spacial score (nSPS) is 12.4. The maximum Gasteiger partial charge on any atom is 0.119 e. The fraction of sp³-hybridized carbons (Fsp3) is 0.400. The van der Waals surface area contributed by atoms with Crippen molar-refractivity contribution in [2.24, 2.45) is 0 Å². The van der Waals surface area contributed by atoms with Crippen LogP contribution in [0.4, 0.5) is 0 Å². The van der Waals surface area contributed by atoms with Gasteiger partial charge in [-0.15, -0.1) is 0 Å². The van der Waals surface area contributed by atoms with Crippen LogP contribution in [-0.4, -0.2) is 21.5 Å². The van der Waals surface area contributed by atoms with Crippen LogP contribution >= 0.6 is 0 Å². The minimum atomic E-state index is -0.556. The number of hydrogen-bond acceptors (Lipinski definition) is 3. The van der Waals surface area contributed by atoms with E-state index in [1.54, 1.807) is 10.9 Å². The first kappa shape index (κ1) is 13.6. The molecular formula is C15H20N2O2. The van der Waals surface area contributed by atoms with E-state index >= 15 is 0 Å². The maximum absolute atomic E-state index is 10.1. The van der Waals surface area contributed by atoms with Crippen molar-refractivity contribution in [3.8, 4) is 5.75 Å². The molecule has 1 aromatic carbocycles. The third-order valence-corrected chi connectivity index (χ3v) is 2.86. The average Bonchev–Trinajstić information content (AvgIpc) is 2.82. The lowest BCUT2D eigenvalue weighted by Gasteiger charge is -2.12. The molecule has 0 saturated carbocycles. The fourth-order valence-electron chi connectivity index (χ4n) is 1.86. The second kappa shape index (κ2) is 6.38. The highest BCUT2D eigenvalue weighted by molar-refractivity contribution is 5.28. The van der Waals surface area contributed by atoms with E-state index in [9.17, 15) is 5.11 Å². The molecule has 0 saturated heterocycles. The Labute approximate surface area is 113 Å². The number of ether oxygens (including phenoxy) is 1. The molecule has 1 atom stereocenters. The Bertz CT molecular complexity index is 505. The average molecular weight is 260 g/mol. The summed E-state index contributed by atoms with van der Waals surface area (Å²) in [5.41, 5.74) is 1.97. The van der Waals surface area contributed by atoms with Gasteiger partial charge in [0.2, 0.25) is 0 Å². The van der Waals surface area contributed by atoms with Crippen LogP contribution in [0, 0.1) is 6.92 Å². The van der Waals surface area contributed by atoms with Crippen LogP contribution in [0.1, 0.15) is 30.6 Å². The summed E-state index contributed by atoms with van der Waals surface area (Å²) in [5, 5.41) is 14.3. The largest absolute Gasteiger partial charge is 0.494 e. The molecule has 4 nitrogen and oxygen atoms in total. The Hall–Kier alpha value is -1.81. The lowest BCUT2D eigenvalue weighted by Crippen LogP contribution is -2.09. The number of aliphatic hydroxyl groups excluding tert-OH is 1. The highest BCUT2D eigenvalue weighted by atomic mass is 16.5. The molecule has 1 N–H and O–H groups in total. The highest BCUT2D eigenvalue weighted by Gasteiger charge is 2.09. The SMILES string of the molecule is CCCOc1ccc(C(O)Cn2cc(C)cn2)cc1. The van der Waals surface area contributed by atoms with Crippen LogP contribution in [0.5, 0.6) is 5.75 Å². The molecule has 4 heteroatoms. The number of rotatable bonds is 6. The number of hydrogen-bond donors (Lipinski definition) is 1. The maximum atomic E-state index is 10.1. The molecule has 0 bridgehead atoms. The summed E-state index contributed by atoms with van der Waals surface area (Å²) in [6.07, 6.45) is 4.14. The molecule has 0 radical (unpaired) electrons. The second-order valence-electron chi connectivity index (χ2n) is 4.67. The van der Waals surface area contributed by atoms with Gasteiger partial charge in [-0.25, -0.2) is 0 Å². The molecule has 2 aromatic rings. The molecule has 19 heavy (non-hydrogen) atoms. The summed E-state index contributed by atoms with van der Waals surface area (Å²) >= 11 is 0. The van der Waals surface area contributed by atoms with E-state index in [4.69, 9.17) is 4.74 Å². The fourth-order valence-corrected chi connectivity index (χ4v) is 1.86. The molecular weight excluding hydrogens is 240 g/mol. The summed E-state index contributed by atoms with van der Waals surface area (Å²) in [5.74, 6) is 0.840. The number of aromatic nitrogens is 2. The van der Waals surface area contributed by atoms with E-state index < -0.39 is 6.10 Å². The Morgan fingerprint density at radius 3 is 2.63 bits per heavy atom. The van der Waals surface area contributed by atoms with Crippen molar-refractivity contribution in [1.29, 1.82) is 0 Å². The van der Waals surface area contributed by atoms with E-state index in [1.807, 2.05) is 37.4 Å². The Morgan fingerprint density at radius 1 is 1.32 bits per heavy atom. The second-order valence-corrected chi connectivity index (χ2v) is 4.67. The molecule has 1 heterocycles. The van der Waals surface area contributed by atoms with Gasteiger partial charge in [0.05, 0.1) is 25.5 Å². The minimum absolute atomic E-state index is 0.461. The van der Waals surface area contributed by atoms with E-state index in [2.05, 4.69) is 12.0 Å². The zero-order valence-corrected chi connectivity index (χ0v) is 11.4. The Balaban J connectivity index is 1.97. The van der Waals surface area contributed by atoms with Gasteiger partial charge in [-0.1, -0.05) is 19.1 Å². The van der Waals surface area contributed by atoms with E-state index in [0.717, 1.165) is 23.3 Å². The van der Waals surface area contributed by atoms with Gasteiger partial charge in [-0.05, 0) is 36.6 Å². The molecule has 0 amide bonds. The molecule has 0 aliphatic carbocycles. The Morgan fingerprint density at radius 2 is 2.05 bits per heavy atom. The molecule has 0 fully saturated rings. The number of aryl methyl sites for hydroxylation is 1. The molecule has 0 spiro atoms. The lowest BCUT2D eigenvalue weighted by molar-refractivity contribution is 0.151. The predicted molar refractivity (Wildman–Crippen MR) is 74.2 cm³/mol. The first-order valence-corrected chi connectivity index (χ1v) is 6.59. The van der Waals surface area contributed by atoms with Crippen molar-refractivity contribution in [3.63, 3.8) is 0 Å². The lowest BCUT2D eigenvalue weighted by atomic mass is 10.1. The van der Waals surface area contributed by atoms with Gasteiger partial charge in [-0.3, -0.25) is 4.68 Å². The van der Waals surface area contributed by atoms with Gasteiger partial charge >= 0.3 is 0 Å². The van der Waals surface area contributed by atoms with Crippen molar-refractivity contribution in [2.75, 3.05) is 6.61 Å². The van der Waals surface area contributed by atoms with Crippen molar-refractivity contribution in [2.45, 2.75) is 32.9 Å².